The number of hydrogen-bond donors (Lipinski definition) is 1. The molecule has 1 N–H and O–H groups in total. The van der Waals surface area contributed by atoms with Crippen molar-refractivity contribution in [2.45, 2.75) is 30.4 Å². The van der Waals surface area contributed by atoms with Crippen LogP contribution in [0.15, 0.2) is 78.0 Å². The van der Waals surface area contributed by atoms with Gasteiger partial charge in [0.1, 0.15) is 17.8 Å². The van der Waals surface area contributed by atoms with Gasteiger partial charge in [-0.15, -0.1) is 0 Å². The van der Waals surface area contributed by atoms with Crippen molar-refractivity contribution in [3.8, 4) is 11.5 Å². The smallest absolute Gasteiger partial charge is 0.215 e. The summed E-state index contributed by atoms with van der Waals surface area (Å²) in [5.41, 5.74) is 3.32. The van der Waals surface area contributed by atoms with Crippen molar-refractivity contribution in [2.24, 2.45) is 0 Å². The highest BCUT2D eigenvalue weighted by Crippen LogP contribution is 2.37. The van der Waals surface area contributed by atoms with E-state index in [4.69, 9.17) is 21.1 Å². The molecule has 38 heavy (non-hydrogen) atoms. The molecule has 5 rings (SSSR count). The van der Waals surface area contributed by atoms with Crippen LogP contribution < -0.4 is 19.1 Å². The van der Waals surface area contributed by atoms with E-state index < -0.39 is 0 Å². The highest BCUT2D eigenvalue weighted by Gasteiger charge is 2.23. The van der Waals surface area contributed by atoms with Gasteiger partial charge in [0.25, 0.3) is 0 Å². The Labute approximate surface area is 237 Å². The molecule has 1 fully saturated rings. The largest absolute Gasteiger partial charge is 0.497 e. The molecular formula is C28H30ClN5O2S2. The quantitative estimate of drug-likeness (QED) is 0.203. The van der Waals surface area contributed by atoms with E-state index in [9.17, 15) is 0 Å². The fourth-order valence-electron chi connectivity index (χ4n) is 4.51. The molecule has 1 aliphatic rings. The molecule has 1 unspecified atom stereocenters. The molecule has 0 bridgehead atoms. The van der Waals surface area contributed by atoms with Gasteiger partial charge in [-0.3, -0.25) is 9.21 Å². The molecule has 1 saturated heterocycles. The average molecular weight is 568 g/mol. The summed E-state index contributed by atoms with van der Waals surface area (Å²) in [5, 5.41) is 5.16. The Hall–Kier alpha value is -2.98. The minimum atomic E-state index is 0.371. The van der Waals surface area contributed by atoms with Gasteiger partial charge in [-0.2, -0.15) is 4.37 Å². The minimum Gasteiger partial charge on any atom is -0.497 e. The number of methoxy groups -OCH3 is 2. The van der Waals surface area contributed by atoms with Crippen molar-refractivity contribution in [1.82, 2.24) is 14.3 Å². The molecule has 1 aliphatic heterocycles. The van der Waals surface area contributed by atoms with Crippen LogP contribution in [-0.2, 0) is 13.1 Å². The van der Waals surface area contributed by atoms with Crippen LogP contribution >= 0.6 is 35.1 Å². The van der Waals surface area contributed by atoms with Crippen LogP contribution in [0.4, 0.5) is 10.8 Å². The molecule has 0 spiro atoms. The summed E-state index contributed by atoms with van der Waals surface area (Å²) in [5.74, 6) is 1.51. The Balaban J connectivity index is 1.25. The van der Waals surface area contributed by atoms with Gasteiger partial charge in [0.2, 0.25) is 5.13 Å². The Morgan fingerprint density at radius 3 is 2.71 bits per heavy atom. The number of anilines is 2. The average Bonchev–Trinajstić information content (AvgIpc) is 3.63. The molecule has 1 atom stereocenters. The maximum atomic E-state index is 6.76. The first-order valence-corrected chi connectivity index (χ1v) is 14.3. The third-order valence-electron chi connectivity index (χ3n) is 6.41. The predicted octanol–water partition coefficient (Wildman–Crippen LogP) is 6.61. The molecule has 4 aromatic rings. The van der Waals surface area contributed by atoms with Crippen molar-refractivity contribution >= 4 is 45.9 Å². The molecule has 7 nitrogen and oxygen atoms in total. The fourth-order valence-corrected chi connectivity index (χ4v) is 6.34. The maximum absolute atomic E-state index is 6.76. The van der Waals surface area contributed by atoms with E-state index in [0.717, 1.165) is 58.8 Å². The lowest BCUT2D eigenvalue weighted by Crippen LogP contribution is -2.26. The first kappa shape index (κ1) is 26.6. The highest BCUT2D eigenvalue weighted by molar-refractivity contribution is 8.00. The Bertz CT molecular complexity index is 1330. The zero-order valence-corrected chi connectivity index (χ0v) is 23.7. The Morgan fingerprint density at radius 2 is 1.97 bits per heavy atom. The van der Waals surface area contributed by atoms with E-state index in [1.807, 2.05) is 24.3 Å². The zero-order valence-electron chi connectivity index (χ0n) is 21.3. The number of nitrogens with zero attached hydrogens (tertiary/aromatic N) is 4. The highest BCUT2D eigenvalue weighted by atomic mass is 35.5. The van der Waals surface area contributed by atoms with E-state index in [0.29, 0.717) is 17.6 Å². The van der Waals surface area contributed by atoms with Crippen LogP contribution in [0, 0.1) is 0 Å². The summed E-state index contributed by atoms with van der Waals surface area (Å²) in [7, 11) is 3.31. The van der Waals surface area contributed by atoms with Gasteiger partial charge < -0.3 is 14.8 Å². The van der Waals surface area contributed by atoms with Crippen LogP contribution in [-0.4, -0.2) is 47.6 Å². The van der Waals surface area contributed by atoms with Gasteiger partial charge in [-0.05, 0) is 54.3 Å². The number of benzene rings is 3. The second-order valence-corrected chi connectivity index (χ2v) is 11.3. The van der Waals surface area contributed by atoms with Gasteiger partial charge in [0, 0.05) is 53.7 Å². The third kappa shape index (κ3) is 6.71. The molecule has 0 saturated carbocycles. The van der Waals surface area contributed by atoms with Crippen LogP contribution in [0.5, 0.6) is 11.5 Å². The van der Waals surface area contributed by atoms with Crippen LogP contribution in [0.3, 0.4) is 0 Å². The standard InChI is InChI=1S/C28H30ClN5O2S2/c1-35-23-9-8-21(27(14-23)36-2)17-34(28-30-19-31-37-28)38-24-10-11-26(25(29)15-24)32-22-12-13-33(18-22)16-20-6-4-3-5-7-20/h3-11,14-15,19,22,32H,12-13,16-18H2,1-2H3. The molecular weight excluding hydrogens is 538 g/mol. The van der Waals surface area contributed by atoms with Gasteiger partial charge in [0.05, 0.1) is 31.5 Å². The van der Waals surface area contributed by atoms with Crippen LogP contribution in [0.25, 0.3) is 0 Å². The second-order valence-electron chi connectivity index (χ2n) is 9.02. The summed E-state index contributed by atoms with van der Waals surface area (Å²) >= 11 is 9.68. The van der Waals surface area contributed by atoms with Crippen molar-refractivity contribution < 1.29 is 9.47 Å². The lowest BCUT2D eigenvalue weighted by Gasteiger charge is -2.22. The molecule has 198 valence electrons. The molecule has 2 heterocycles. The number of hydrogen-bond acceptors (Lipinski definition) is 9. The van der Waals surface area contributed by atoms with Gasteiger partial charge in [0.15, 0.2) is 0 Å². The number of ether oxygens (including phenoxy) is 2. The zero-order chi connectivity index (χ0) is 26.3. The summed E-state index contributed by atoms with van der Waals surface area (Å²) in [6, 6.07) is 23.0. The van der Waals surface area contributed by atoms with E-state index >= 15 is 0 Å². The van der Waals surface area contributed by atoms with Gasteiger partial charge in [-0.1, -0.05) is 41.9 Å². The number of halogens is 1. The van der Waals surface area contributed by atoms with Gasteiger partial charge in [-0.25, -0.2) is 4.98 Å². The molecule has 10 heteroatoms. The molecule has 3 aromatic carbocycles. The minimum absolute atomic E-state index is 0.371. The first-order valence-electron chi connectivity index (χ1n) is 12.4. The second kappa shape index (κ2) is 12.7. The number of rotatable bonds is 11. The molecule has 0 amide bonds. The summed E-state index contributed by atoms with van der Waals surface area (Å²) in [6.07, 6.45) is 2.66. The van der Waals surface area contributed by atoms with E-state index in [2.05, 4.69) is 66.3 Å². The lowest BCUT2D eigenvalue weighted by atomic mass is 10.2. The maximum Gasteiger partial charge on any atom is 0.215 e. The van der Waals surface area contributed by atoms with Crippen LogP contribution in [0.2, 0.25) is 5.02 Å². The van der Waals surface area contributed by atoms with Crippen LogP contribution in [0.1, 0.15) is 17.5 Å². The number of nitrogens with one attached hydrogen (secondary N) is 1. The number of likely N-dealkylation sites (tertiary alicyclic amines) is 1. The normalized spacial score (nSPS) is 15.4. The monoisotopic (exact) mass is 567 g/mol. The topological polar surface area (TPSA) is 62.8 Å². The molecule has 0 aliphatic carbocycles. The van der Waals surface area contributed by atoms with E-state index in [1.54, 1.807) is 32.5 Å². The van der Waals surface area contributed by atoms with E-state index in [1.165, 1.54) is 17.1 Å². The molecule has 0 radical (unpaired) electrons. The first-order chi connectivity index (χ1) is 18.6. The Morgan fingerprint density at radius 1 is 1.11 bits per heavy atom. The summed E-state index contributed by atoms with van der Waals surface area (Å²) < 4.78 is 17.3. The number of aromatic nitrogens is 2. The van der Waals surface area contributed by atoms with E-state index in [-0.39, 0.29) is 0 Å². The van der Waals surface area contributed by atoms with Crippen molar-refractivity contribution in [3.05, 3.63) is 89.2 Å². The summed E-state index contributed by atoms with van der Waals surface area (Å²) in [6.45, 7) is 3.62. The lowest BCUT2D eigenvalue weighted by molar-refractivity contribution is 0.328. The van der Waals surface area contributed by atoms with Crippen molar-refractivity contribution in [3.63, 3.8) is 0 Å². The van der Waals surface area contributed by atoms with Crippen molar-refractivity contribution in [2.75, 3.05) is 36.9 Å². The third-order valence-corrected chi connectivity index (χ3v) is 8.51. The summed E-state index contributed by atoms with van der Waals surface area (Å²) in [4.78, 5) is 7.94. The Kier molecular flexibility index (Phi) is 8.90. The SMILES string of the molecule is COc1ccc(CN(Sc2ccc(NC3CCN(Cc4ccccc4)C3)c(Cl)c2)c2ncns2)c(OC)c1. The van der Waals surface area contributed by atoms with Crippen molar-refractivity contribution in [1.29, 1.82) is 0 Å². The molecule has 1 aromatic heterocycles. The van der Waals surface area contributed by atoms with Gasteiger partial charge >= 0.3 is 0 Å². The fraction of sp³-hybridized carbons (Fsp3) is 0.286. The predicted molar refractivity (Wildman–Crippen MR) is 157 cm³/mol.